The summed E-state index contributed by atoms with van der Waals surface area (Å²) in [6.45, 7) is 1.77. The summed E-state index contributed by atoms with van der Waals surface area (Å²) in [6, 6.07) is 19.2. The lowest BCUT2D eigenvalue weighted by molar-refractivity contribution is 0.461. The number of allylic oxidation sites excluding steroid dienone is 1. The molecule has 4 aromatic rings. The second-order valence-electron chi connectivity index (χ2n) is 6.99. The van der Waals surface area contributed by atoms with E-state index >= 15 is 0 Å². The summed E-state index contributed by atoms with van der Waals surface area (Å²) in [5.74, 6) is 0.0569. The summed E-state index contributed by atoms with van der Waals surface area (Å²) in [4.78, 5) is 17.1. The molecule has 0 bridgehead atoms. The largest absolute Gasteiger partial charge is 0.437 e. The smallest absolute Gasteiger partial charge is 0.269 e. The van der Waals surface area contributed by atoms with Crippen LogP contribution in [-0.4, -0.2) is 17.8 Å². The average molecular weight is 478 g/mol. The van der Waals surface area contributed by atoms with Crippen molar-refractivity contribution >= 4 is 33.2 Å². The molecule has 0 saturated heterocycles. The van der Waals surface area contributed by atoms with Crippen LogP contribution in [0.4, 0.5) is 0 Å². The van der Waals surface area contributed by atoms with Crippen molar-refractivity contribution in [3.63, 3.8) is 0 Å². The van der Waals surface area contributed by atoms with E-state index in [0.29, 0.717) is 11.2 Å². The van der Waals surface area contributed by atoms with E-state index in [9.17, 15) is 18.5 Å². The number of aryl methyl sites for hydroxylation is 1. The van der Waals surface area contributed by atoms with Gasteiger partial charge in [-0.25, -0.2) is 8.42 Å². The third-order valence-corrected chi connectivity index (χ3v) is 6.81. The van der Waals surface area contributed by atoms with Crippen molar-refractivity contribution in [3.8, 4) is 17.7 Å². The zero-order valence-electron chi connectivity index (χ0n) is 17.3. The van der Waals surface area contributed by atoms with E-state index in [-0.39, 0.29) is 27.1 Å². The molecule has 0 atom stereocenters. The normalized spacial score (nSPS) is 11.8. The molecule has 0 unspecified atom stereocenters. The molecule has 0 radical (unpaired) electrons. The Morgan fingerprint density at radius 3 is 2.48 bits per heavy atom. The van der Waals surface area contributed by atoms with E-state index in [4.69, 9.17) is 16.3 Å². The van der Waals surface area contributed by atoms with Crippen LogP contribution < -0.4 is 10.3 Å². The number of pyridine rings is 1. The summed E-state index contributed by atoms with van der Waals surface area (Å²) in [5.41, 5.74) is 0.230. The number of sulfone groups is 1. The summed E-state index contributed by atoms with van der Waals surface area (Å²) in [6.07, 6.45) is 2.49. The van der Waals surface area contributed by atoms with Crippen molar-refractivity contribution in [2.75, 3.05) is 0 Å². The number of benzene rings is 2. The molecule has 0 amide bonds. The van der Waals surface area contributed by atoms with E-state index in [2.05, 4.69) is 4.98 Å². The highest BCUT2D eigenvalue weighted by molar-refractivity contribution is 7.95. The zero-order chi connectivity index (χ0) is 23.6. The van der Waals surface area contributed by atoms with Gasteiger partial charge in [0.15, 0.2) is 0 Å². The van der Waals surface area contributed by atoms with Gasteiger partial charge in [-0.15, -0.1) is 0 Å². The molecule has 0 aliphatic heterocycles. The van der Waals surface area contributed by atoms with Gasteiger partial charge >= 0.3 is 0 Å². The lowest BCUT2D eigenvalue weighted by Gasteiger charge is -2.12. The first-order valence-electron chi connectivity index (χ1n) is 9.69. The monoisotopic (exact) mass is 477 g/mol. The van der Waals surface area contributed by atoms with E-state index in [1.54, 1.807) is 67.6 Å². The molecule has 33 heavy (non-hydrogen) atoms. The van der Waals surface area contributed by atoms with Crippen molar-refractivity contribution in [2.45, 2.75) is 11.8 Å². The van der Waals surface area contributed by atoms with E-state index in [1.807, 2.05) is 0 Å². The number of nitriles is 1. The van der Waals surface area contributed by atoms with E-state index in [0.717, 1.165) is 6.08 Å². The van der Waals surface area contributed by atoms with Crippen LogP contribution in [0.2, 0.25) is 5.02 Å². The van der Waals surface area contributed by atoms with Crippen LogP contribution in [0.3, 0.4) is 0 Å². The molecule has 2 heterocycles. The third-order valence-electron chi connectivity index (χ3n) is 4.82. The van der Waals surface area contributed by atoms with Crippen molar-refractivity contribution in [1.82, 2.24) is 9.38 Å². The number of para-hydroxylation sites is 1. The number of fused-ring (bicyclic) bond motifs is 1. The number of nitrogens with zero attached hydrogens (tertiary/aromatic N) is 3. The van der Waals surface area contributed by atoms with Crippen LogP contribution in [0, 0.1) is 18.3 Å². The molecule has 0 spiro atoms. The summed E-state index contributed by atoms with van der Waals surface area (Å²) in [7, 11) is -4.18. The minimum Gasteiger partial charge on any atom is -0.437 e. The molecule has 0 aliphatic rings. The van der Waals surface area contributed by atoms with Crippen molar-refractivity contribution in [3.05, 3.63) is 104 Å². The Balaban J connectivity index is 1.99. The number of ether oxygens (including phenoxy) is 1. The number of hydrogen-bond donors (Lipinski definition) is 0. The highest BCUT2D eigenvalue weighted by Gasteiger charge is 2.24. The van der Waals surface area contributed by atoms with Gasteiger partial charge in [0.1, 0.15) is 27.9 Å². The van der Waals surface area contributed by atoms with Gasteiger partial charge in [0.25, 0.3) is 5.56 Å². The maximum Gasteiger partial charge on any atom is 0.269 e. The number of rotatable bonds is 5. The first-order valence-corrected chi connectivity index (χ1v) is 11.6. The highest BCUT2D eigenvalue weighted by atomic mass is 35.5. The van der Waals surface area contributed by atoms with E-state index in [1.165, 1.54) is 22.7 Å². The fraction of sp³-hybridized carbons (Fsp3) is 0.0417. The fourth-order valence-corrected chi connectivity index (χ4v) is 4.49. The summed E-state index contributed by atoms with van der Waals surface area (Å²) in [5, 5.41) is 9.94. The Kier molecular flexibility index (Phi) is 6.01. The van der Waals surface area contributed by atoms with Gasteiger partial charge in [-0.2, -0.15) is 10.2 Å². The van der Waals surface area contributed by atoms with E-state index < -0.39 is 20.3 Å². The van der Waals surface area contributed by atoms with Gasteiger partial charge in [-0.05, 0) is 48.9 Å². The Hall–Kier alpha value is -3.93. The Labute approximate surface area is 194 Å². The molecule has 0 saturated carbocycles. The standard InChI is InChI=1S/C24H16ClN3O4S/c1-16-8-7-13-28-22(16)27-23(32-21-12-6-5-11-20(21)25)19(24(28)29)14-18(15-26)33(30,31)17-9-3-2-4-10-17/h2-14H,1H3. The second-order valence-corrected chi connectivity index (χ2v) is 9.32. The molecular weight excluding hydrogens is 462 g/mol. The minimum atomic E-state index is -4.18. The van der Waals surface area contributed by atoms with Crippen molar-refractivity contribution < 1.29 is 13.2 Å². The second kappa shape index (κ2) is 8.90. The van der Waals surface area contributed by atoms with Crippen LogP contribution >= 0.6 is 11.6 Å². The topological polar surface area (TPSA) is 102 Å². The lowest BCUT2D eigenvalue weighted by Crippen LogP contribution is -2.20. The molecule has 4 rings (SSSR count). The van der Waals surface area contributed by atoms with Crippen molar-refractivity contribution in [2.24, 2.45) is 0 Å². The fourth-order valence-electron chi connectivity index (χ4n) is 3.15. The van der Waals surface area contributed by atoms with Gasteiger partial charge in [0.2, 0.25) is 15.7 Å². The average Bonchev–Trinajstić information content (AvgIpc) is 2.81. The first-order chi connectivity index (χ1) is 15.8. The van der Waals surface area contributed by atoms with Gasteiger partial charge < -0.3 is 4.74 Å². The van der Waals surface area contributed by atoms with Crippen LogP contribution in [-0.2, 0) is 9.84 Å². The van der Waals surface area contributed by atoms with Gasteiger partial charge in [0.05, 0.1) is 9.92 Å². The molecule has 9 heteroatoms. The molecule has 7 nitrogen and oxygen atoms in total. The molecular formula is C24H16ClN3O4S. The zero-order valence-corrected chi connectivity index (χ0v) is 18.8. The molecule has 0 fully saturated rings. The summed E-state index contributed by atoms with van der Waals surface area (Å²) >= 11 is 6.20. The molecule has 0 N–H and O–H groups in total. The lowest BCUT2D eigenvalue weighted by atomic mass is 10.2. The first kappa shape index (κ1) is 22.3. The molecule has 0 aliphatic carbocycles. The maximum absolute atomic E-state index is 13.4. The third kappa shape index (κ3) is 4.24. The predicted molar refractivity (Wildman–Crippen MR) is 125 cm³/mol. The van der Waals surface area contributed by atoms with Gasteiger partial charge in [-0.1, -0.05) is 48.0 Å². The highest BCUT2D eigenvalue weighted by Crippen LogP contribution is 2.31. The van der Waals surface area contributed by atoms with Crippen LogP contribution in [0.1, 0.15) is 11.1 Å². The molecule has 164 valence electrons. The molecule has 2 aromatic carbocycles. The number of aromatic nitrogens is 2. The number of halogens is 1. The maximum atomic E-state index is 13.4. The minimum absolute atomic E-state index is 0.0731. The Bertz CT molecular complexity index is 1600. The predicted octanol–water partition coefficient (Wildman–Crippen LogP) is 4.79. The van der Waals surface area contributed by atoms with Crippen LogP contribution in [0.5, 0.6) is 11.6 Å². The van der Waals surface area contributed by atoms with Gasteiger partial charge in [0, 0.05) is 6.20 Å². The van der Waals surface area contributed by atoms with Crippen molar-refractivity contribution in [1.29, 1.82) is 5.26 Å². The number of hydrogen-bond acceptors (Lipinski definition) is 6. The van der Waals surface area contributed by atoms with Crippen LogP contribution in [0.15, 0.2) is 87.5 Å². The quantitative estimate of drug-likeness (QED) is 0.383. The Morgan fingerprint density at radius 1 is 1.09 bits per heavy atom. The van der Waals surface area contributed by atoms with Crippen LogP contribution in [0.25, 0.3) is 11.7 Å². The molecule has 2 aromatic heterocycles. The summed E-state index contributed by atoms with van der Waals surface area (Å²) < 4.78 is 33.2. The SMILES string of the molecule is Cc1cccn2c(=O)c(C=C(C#N)S(=O)(=O)c3ccccc3)c(Oc3ccccc3Cl)nc12. The van der Waals surface area contributed by atoms with Gasteiger partial charge in [-0.3, -0.25) is 9.20 Å². The Morgan fingerprint density at radius 2 is 1.79 bits per heavy atom.